The van der Waals surface area contributed by atoms with E-state index in [0.29, 0.717) is 21.6 Å². The lowest BCUT2D eigenvalue weighted by Gasteiger charge is -2.09. The van der Waals surface area contributed by atoms with Crippen molar-refractivity contribution in [2.75, 3.05) is 5.32 Å². The summed E-state index contributed by atoms with van der Waals surface area (Å²) in [5.41, 5.74) is 0.541. The monoisotopic (exact) mass is 316 g/mol. The van der Waals surface area contributed by atoms with Crippen molar-refractivity contribution in [1.82, 2.24) is 4.98 Å². The summed E-state index contributed by atoms with van der Waals surface area (Å²) in [6.45, 7) is 0. The first-order chi connectivity index (χ1) is 8.97. The number of carboxylic acid groups (broad SMARTS) is 1. The molecule has 0 aliphatic rings. The van der Waals surface area contributed by atoms with Gasteiger partial charge in [0.05, 0.1) is 21.3 Å². The maximum atomic E-state index is 10.8. The van der Waals surface area contributed by atoms with E-state index in [2.05, 4.69) is 10.3 Å². The largest absolute Gasteiger partial charge is 0.478 e. The van der Waals surface area contributed by atoms with Gasteiger partial charge in [-0.05, 0) is 24.3 Å². The quantitative estimate of drug-likeness (QED) is 0.876. The summed E-state index contributed by atoms with van der Waals surface area (Å²) in [6, 6.07) is 6.20. The Kier molecular flexibility index (Phi) is 4.14. The number of anilines is 2. The van der Waals surface area contributed by atoms with E-state index in [-0.39, 0.29) is 10.6 Å². The highest BCUT2D eigenvalue weighted by atomic mass is 35.5. The van der Waals surface area contributed by atoms with Crippen molar-refractivity contribution in [1.29, 1.82) is 0 Å². The molecule has 2 aromatic rings. The van der Waals surface area contributed by atoms with Gasteiger partial charge in [-0.2, -0.15) is 0 Å². The molecule has 19 heavy (non-hydrogen) atoms. The van der Waals surface area contributed by atoms with Gasteiger partial charge in [0, 0.05) is 11.2 Å². The molecule has 0 aliphatic heterocycles. The molecule has 7 heteroatoms. The number of benzene rings is 1. The van der Waals surface area contributed by atoms with E-state index in [1.807, 2.05) is 0 Å². The number of pyridine rings is 1. The minimum absolute atomic E-state index is 0.00717. The Morgan fingerprint density at radius 3 is 2.53 bits per heavy atom. The lowest BCUT2D eigenvalue weighted by Crippen LogP contribution is -2.00. The number of rotatable bonds is 3. The van der Waals surface area contributed by atoms with Crippen LogP contribution in [0.25, 0.3) is 0 Å². The average Bonchev–Trinajstić information content (AvgIpc) is 2.36. The summed E-state index contributed by atoms with van der Waals surface area (Å²) >= 11 is 17.8. The normalized spacial score (nSPS) is 10.3. The molecule has 0 atom stereocenters. The van der Waals surface area contributed by atoms with Crippen LogP contribution < -0.4 is 5.32 Å². The Hall–Kier alpha value is -1.49. The fraction of sp³-hybridized carbons (Fsp3) is 0. The van der Waals surface area contributed by atoms with Crippen LogP contribution in [-0.2, 0) is 0 Å². The number of hydrogen-bond donors (Lipinski definition) is 2. The molecule has 0 radical (unpaired) electrons. The molecule has 0 bridgehead atoms. The van der Waals surface area contributed by atoms with E-state index in [0.717, 1.165) is 0 Å². The van der Waals surface area contributed by atoms with Crippen molar-refractivity contribution >= 4 is 52.3 Å². The molecule has 0 fully saturated rings. The predicted molar refractivity (Wildman–Crippen MR) is 76.0 cm³/mol. The zero-order chi connectivity index (χ0) is 14.0. The number of carbonyl (C=O) groups is 1. The van der Waals surface area contributed by atoms with Crippen LogP contribution in [0, 0.1) is 0 Å². The fourth-order valence-corrected chi connectivity index (χ4v) is 1.92. The second kappa shape index (κ2) is 5.65. The number of nitrogens with one attached hydrogen (secondary N) is 1. The average molecular weight is 318 g/mol. The number of aromatic carboxylic acids is 1. The van der Waals surface area contributed by atoms with E-state index in [4.69, 9.17) is 39.9 Å². The third-order valence-corrected chi connectivity index (χ3v) is 3.12. The Labute approximate surface area is 123 Å². The lowest BCUT2D eigenvalue weighted by atomic mass is 10.2. The second-order valence-corrected chi connectivity index (χ2v) is 4.86. The second-order valence-electron chi connectivity index (χ2n) is 3.61. The molecule has 0 aliphatic carbocycles. The molecule has 0 spiro atoms. The Morgan fingerprint density at radius 2 is 1.89 bits per heavy atom. The number of nitrogens with zero attached hydrogens (tertiary/aromatic N) is 1. The zero-order valence-electron chi connectivity index (χ0n) is 9.32. The SMILES string of the molecule is O=C(O)c1cnc(Nc2cc(Cl)ccc2Cl)c(Cl)c1. The van der Waals surface area contributed by atoms with Crippen molar-refractivity contribution in [2.45, 2.75) is 0 Å². The third-order valence-electron chi connectivity index (χ3n) is 2.27. The minimum atomic E-state index is -1.10. The van der Waals surface area contributed by atoms with Crippen LogP contribution in [0.5, 0.6) is 0 Å². The van der Waals surface area contributed by atoms with Gasteiger partial charge < -0.3 is 10.4 Å². The van der Waals surface area contributed by atoms with Crippen molar-refractivity contribution in [3.8, 4) is 0 Å². The summed E-state index contributed by atoms with van der Waals surface area (Å²) in [6.07, 6.45) is 1.20. The van der Waals surface area contributed by atoms with Crippen molar-refractivity contribution < 1.29 is 9.90 Å². The highest BCUT2D eigenvalue weighted by Gasteiger charge is 2.10. The first-order valence-electron chi connectivity index (χ1n) is 5.08. The Balaban J connectivity index is 2.33. The van der Waals surface area contributed by atoms with Crippen LogP contribution in [0.4, 0.5) is 11.5 Å². The summed E-state index contributed by atoms with van der Waals surface area (Å²) in [5, 5.41) is 12.8. The van der Waals surface area contributed by atoms with Gasteiger partial charge in [0.1, 0.15) is 5.82 Å². The van der Waals surface area contributed by atoms with E-state index < -0.39 is 5.97 Å². The van der Waals surface area contributed by atoms with Gasteiger partial charge in [0.2, 0.25) is 0 Å². The summed E-state index contributed by atoms with van der Waals surface area (Å²) in [7, 11) is 0. The van der Waals surface area contributed by atoms with E-state index in [9.17, 15) is 4.79 Å². The first-order valence-corrected chi connectivity index (χ1v) is 6.21. The van der Waals surface area contributed by atoms with Crippen LogP contribution in [-0.4, -0.2) is 16.1 Å². The van der Waals surface area contributed by atoms with Gasteiger partial charge >= 0.3 is 5.97 Å². The summed E-state index contributed by atoms with van der Waals surface area (Å²) in [5.74, 6) is -0.794. The van der Waals surface area contributed by atoms with Crippen molar-refractivity contribution in [2.24, 2.45) is 0 Å². The van der Waals surface area contributed by atoms with Gasteiger partial charge in [0.15, 0.2) is 0 Å². The van der Waals surface area contributed by atoms with Crippen LogP contribution in [0.2, 0.25) is 15.1 Å². The van der Waals surface area contributed by atoms with Crippen LogP contribution in [0.15, 0.2) is 30.5 Å². The summed E-state index contributed by atoms with van der Waals surface area (Å²) < 4.78 is 0. The molecule has 1 aromatic heterocycles. The Bertz CT molecular complexity index is 647. The first kappa shape index (κ1) is 13.9. The number of hydrogen-bond acceptors (Lipinski definition) is 3. The highest BCUT2D eigenvalue weighted by Crippen LogP contribution is 2.30. The maximum absolute atomic E-state index is 10.8. The smallest absolute Gasteiger partial charge is 0.337 e. The standard InChI is InChI=1S/C12H7Cl3N2O2/c13-7-1-2-8(14)10(4-7)17-11-9(15)3-6(5-16-11)12(18)19/h1-5H,(H,16,17)(H,18,19). The molecular weight excluding hydrogens is 311 g/mol. The highest BCUT2D eigenvalue weighted by molar-refractivity contribution is 6.36. The van der Waals surface area contributed by atoms with E-state index >= 15 is 0 Å². The van der Waals surface area contributed by atoms with Gasteiger partial charge in [-0.3, -0.25) is 0 Å². The van der Waals surface area contributed by atoms with Crippen molar-refractivity contribution in [3.63, 3.8) is 0 Å². The number of halogens is 3. The summed E-state index contributed by atoms with van der Waals surface area (Å²) in [4.78, 5) is 14.7. The number of aromatic nitrogens is 1. The van der Waals surface area contributed by atoms with Gasteiger partial charge in [-0.1, -0.05) is 34.8 Å². The lowest BCUT2D eigenvalue weighted by molar-refractivity contribution is 0.0696. The van der Waals surface area contributed by atoms with E-state index in [1.54, 1.807) is 18.2 Å². The Morgan fingerprint density at radius 1 is 1.16 bits per heavy atom. The van der Waals surface area contributed by atoms with Crippen LogP contribution in [0.3, 0.4) is 0 Å². The van der Waals surface area contributed by atoms with Crippen LogP contribution in [0.1, 0.15) is 10.4 Å². The van der Waals surface area contributed by atoms with Gasteiger partial charge in [-0.15, -0.1) is 0 Å². The number of carboxylic acids is 1. The molecule has 2 rings (SSSR count). The fourth-order valence-electron chi connectivity index (χ4n) is 1.37. The molecule has 4 nitrogen and oxygen atoms in total. The molecule has 2 N–H and O–H groups in total. The van der Waals surface area contributed by atoms with Gasteiger partial charge in [0.25, 0.3) is 0 Å². The topological polar surface area (TPSA) is 62.2 Å². The van der Waals surface area contributed by atoms with Crippen molar-refractivity contribution in [3.05, 3.63) is 51.1 Å². The molecule has 1 heterocycles. The predicted octanol–water partition coefficient (Wildman–Crippen LogP) is 4.48. The zero-order valence-corrected chi connectivity index (χ0v) is 11.6. The molecular formula is C12H7Cl3N2O2. The molecule has 1 aromatic carbocycles. The van der Waals surface area contributed by atoms with Crippen LogP contribution >= 0.6 is 34.8 Å². The van der Waals surface area contributed by atoms with Gasteiger partial charge in [-0.25, -0.2) is 9.78 Å². The molecule has 0 saturated carbocycles. The van der Waals surface area contributed by atoms with E-state index in [1.165, 1.54) is 12.3 Å². The minimum Gasteiger partial charge on any atom is -0.478 e. The molecule has 0 amide bonds. The maximum Gasteiger partial charge on any atom is 0.337 e. The third kappa shape index (κ3) is 3.29. The molecule has 98 valence electrons. The molecule has 0 saturated heterocycles. The molecule has 0 unspecified atom stereocenters.